The second kappa shape index (κ2) is 6.60. The number of carbonyl (C=O) groups excluding carboxylic acids is 1. The van der Waals surface area contributed by atoms with Crippen LogP contribution in [0.2, 0.25) is 0 Å². The minimum atomic E-state index is -6.05. The normalized spacial score (nSPS) is 15.2. The van der Waals surface area contributed by atoms with Gasteiger partial charge in [0.05, 0.1) is 0 Å². The van der Waals surface area contributed by atoms with Crippen molar-refractivity contribution in [1.82, 2.24) is 0 Å². The molecule has 2 nitrogen and oxygen atoms in total. The van der Waals surface area contributed by atoms with Crippen molar-refractivity contribution in [2.24, 2.45) is 4.99 Å². The van der Waals surface area contributed by atoms with Gasteiger partial charge in [0.25, 0.3) is 0 Å². The number of halogens is 9. The third-order valence-electron chi connectivity index (χ3n) is 1.46. The summed E-state index contributed by atoms with van der Waals surface area (Å²) in [5.41, 5.74) is 0. The van der Waals surface area contributed by atoms with Crippen LogP contribution in [-0.2, 0) is 21.9 Å². The third kappa shape index (κ3) is 5.81. The molecule has 0 saturated heterocycles. The number of Topliss-reactive ketones (excluding diaryl/α,β-unsaturated/α-hetero) is 1. The molecular formula is C7H4CuF9NO. The van der Waals surface area contributed by atoms with Crippen molar-refractivity contribution in [3.63, 3.8) is 0 Å². The second-order valence-electron chi connectivity index (χ2n) is 2.93. The maximum absolute atomic E-state index is 12.6. The van der Waals surface area contributed by atoms with Gasteiger partial charge in [-0.2, -0.15) is 30.7 Å². The van der Waals surface area contributed by atoms with Crippen LogP contribution < -0.4 is 0 Å². The molecule has 0 rings (SSSR count). The zero-order valence-corrected chi connectivity index (χ0v) is 9.36. The van der Waals surface area contributed by atoms with Crippen LogP contribution in [0.3, 0.4) is 0 Å². The zero-order valence-electron chi connectivity index (χ0n) is 8.42. The number of hydrogen-bond donors (Lipinski definition) is 0. The topological polar surface area (TPSA) is 29.4 Å². The first kappa shape index (κ1) is 20.5. The minimum Gasteiger partial charge on any atom is -0.283 e. The number of carbonyl (C=O) groups is 1. The van der Waals surface area contributed by atoms with E-state index in [0.717, 1.165) is 0 Å². The van der Waals surface area contributed by atoms with Gasteiger partial charge in [-0.05, 0) is 0 Å². The Hall–Kier alpha value is -0.771. The Balaban J connectivity index is 0. The fourth-order valence-electron chi connectivity index (χ4n) is 0.617. The van der Waals surface area contributed by atoms with Gasteiger partial charge in [0.15, 0.2) is 6.67 Å². The predicted molar refractivity (Wildman–Crippen MR) is 40.3 cm³/mol. The number of rotatable bonds is 5. The van der Waals surface area contributed by atoms with E-state index in [1.807, 2.05) is 0 Å². The first-order valence-corrected chi connectivity index (χ1v) is 3.97. The summed E-state index contributed by atoms with van der Waals surface area (Å²) in [5.74, 6) is -9.37. The molecule has 19 heavy (non-hydrogen) atoms. The number of alkyl halides is 9. The summed E-state index contributed by atoms with van der Waals surface area (Å²) in [6.07, 6.45) is -11.0. The van der Waals surface area contributed by atoms with Crippen LogP contribution in [0.5, 0.6) is 0 Å². The maximum atomic E-state index is 12.6. The monoisotopic (exact) mass is 352 g/mol. The SMILES string of the molecule is O=C(C(F)(F)F)C(F)(F)C(F)/C=N/C(F)(F)CF.[Cu]. The Kier molecular flexibility index (Phi) is 7.13. The first-order valence-electron chi connectivity index (χ1n) is 3.97. The summed E-state index contributed by atoms with van der Waals surface area (Å²) in [6, 6.07) is -4.55. The smallest absolute Gasteiger partial charge is 0.283 e. The van der Waals surface area contributed by atoms with Gasteiger partial charge >= 0.3 is 23.9 Å². The number of nitrogens with zero attached hydrogens (tertiary/aromatic N) is 1. The quantitative estimate of drug-likeness (QED) is 0.324. The van der Waals surface area contributed by atoms with Gasteiger partial charge in [-0.3, -0.25) is 4.79 Å². The van der Waals surface area contributed by atoms with E-state index in [4.69, 9.17) is 0 Å². The molecule has 1 radical (unpaired) electrons. The van der Waals surface area contributed by atoms with E-state index >= 15 is 0 Å². The Bertz CT molecular complexity index is 340. The van der Waals surface area contributed by atoms with Crippen molar-refractivity contribution < 1.29 is 61.4 Å². The molecular weight excluding hydrogens is 349 g/mol. The average Bonchev–Trinajstić information content (AvgIpc) is 2.23. The van der Waals surface area contributed by atoms with E-state index in [1.165, 1.54) is 0 Å². The molecule has 0 aliphatic heterocycles. The molecule has 0 aromatic heterocycles. The van der Waals surface area contributed by atoms with Crippen molar-refractivity contribution in [2.75, 3.05) is 6.67 Å². The van der Waals surface area contributed by atoms with Crippen LogP contribution >= 0.6 is 0 Å². The molecule has 0 N–H and O–H groups in total. The summed E-state index contributed by atoms with van der Waals surface area (Å²) >= 11 is 0. The summed E-state index contributed by atoms with van der Waals surface area (Å²) < 4.78 is 108. The molecule has 0 saturated carbocycles. The largest absolute Gasteiger partial charge is 0.456 e. The van der Waals surface area contributed by atoms with E-state index in [0.29, 0.717) is 0 Å². The Labute approximate surface area is 110 Å². The third-order valence-corrected chi connectivity index (χ3v) is 1.46. The van der Waals surface area contributed by atoms with Crippen molar-refractivity contribution >= 4 is 12.0 Å². The molecule has 0 aromatic carbocycles. The van der Waals surface area contributed by atoms with Gasteiger partial charge in [0.2, 0.25) is 6.17 Å². The molecule has 0 bridgehead atoms. The van der Waals surface area contributed by atoms with E-state index in [1.54, 1.807) is 4.99 Å². The number of aliphatic imine (C=N–C) groups is 1. The van der Waals surface area contributed by atoms with Crippen molar-refractivity contribution in [2.45, 2.75) is 24.3 Å². The fraction of sp³-hybridized carbons (Fsp3) is 0.714. The molecule has 117 valence electrons. The van der Waals surface area contributed by atoms with Crippen molar-refractivity contribution in [1.29, 1.82) is 0 Å². The van der Waals surface area contributed by atoms with Crippen LogP contribution in [0.4, 0.5) is 39.5 Å². The number of ketones is 1. The average molecular weight is 353 g/mol. The summed E-state index contributed by atoms with van der Waals surface area (Å²) in [6.45, 7) is -2.46. The van der Waals surface area contributed by atoms with Crippen molar-refractivity contribution in [3.05, 3.63) is 0 Å². The molecule has 0 amide bonds. The molecule has 12 heteroatoms. The van der Waals surface area contributed by atoms with Gasteiger partial charge < -0.3 is 0 Å². The van der Waals surface area contributed by atoms with Crippen molar-refractivity contribution in [3.8, 4) is 0 Å². The molecule has 0 aliphatic carbocycles. The van der Waals surface area contributed by atoms with E-state index in [-0.39, 0.29) is 17.1 Å². The summed E-state index contributed by atoms with van der Waals surface area (Å²) in [4.78, 5) is 11.8. The number of hydrogen-bond acceptors (Lipinski definition) is 2. The fourth-order valence-corrected chi connectivity index (χ4v) is 0.617. The first-order chi connectivity index (χ1) is 7.84. The van der Waals surface area contributed by atoms with E-state index < -0.39 is 43.0 Å². The van der Waals surface area contributed by atoms with Crippen LogP contribution in [0.1, 0.15) is 0 Å². The predicted octanol–water partition coefficient (Wildman–Crippen LogP) is 2.72. The summed E-state index contributed by atoms with van der Waals surface area (Å²) in [5, 5.41) is 0. The Morgan fingerprint density at radius 3 is 1.84 bits per heavy atom. The van der Waals surface area contributed by atoms with Gasteiger partial charge in [0, 0.05) is 23.3 Å². The molecule has 0 aliphatic rings. The molecule has 1 atom stereocenters. The van der Waals surface area contributed by atoms with Gasteiger partial charge in [-0.1, -0.05) is 0 Å². The molecule has 0 spiro atoms. The zero-order chi connectivity index (χ0) is 14.8. The molecule has 0 heterocycles. The summed E-state index contributed by atoms with van der Waals surface area (Å²) in [7, 11) is 0. The van der Waals surface area contributed by atoms with Gasteiger partial charge in [0.1, 0.15) is 0 Å². The van der Waals surface area contributed by atoms with Gasteiger partial charge in [-0.15, -0.1) is 0 Å². The van der Waals surface area contributed by atoms with Crippen LogP contribution in [0.25, 0.3) is 0 Å². The molecule has 0 aromatic rings. The standard InChI is InChI=1S/C7H4F9NO.Cu/c8-2-5(10,11)17-1-3(9)6(12,13)4(18)7(14,15)16;/h1,3H,2H2;/b17-1+;. The Morgan fingerprint density at radius 1 is 1.11 bits per heavy atom. The maximum Gasteiger partial charge on any atom is 0.456 e. The van der Waals surface area contributed by atoms with Crippen LogP contribution in [0.15, 0.2) is 4.99 Å². The van der Waals surface area contributed by atoms with E-state index in [9.17, 15) is 44.3 Å². The van der Waals surface area contributed by atoms with Crippen LogP contribution in [-0.4, -0.2) is 43.0 Å². The molecule has 1 unspecified atom stereocenters. The Morgan fingerprint density at radius 2 is 1.53 bits per heavy atom. The van der Waals surface area contributed by atoms with Crippen LogP contribution in [0, 0.1) is 0 Å². The second-order valence-corrected chi connectivity index (χ2v) is 2.93. The van der Waals surface area contributed by atoms with E-state index in [2.05, 4.69) is 0 Å². The van der Waals surface area contributed by atoms with Gasteiger partial charge in [-0.25, -0.2) is 13.8 Å². The molecule has 0 fully saturated rings. The minimum absolute atomic E-state index is 0.